The van der Waals surface area contributed by atoms with Crippen LogP contribution in [0.1, 0.15) is 89.1 Å². The number of terminal acetylenes is 1. The highest BCUT2D eigenvalue weighted by Crippen LogP contribution is 2.26. The van der Waals surface area contributed by atoms with Crippen LogP contribution in [0.15, 0.2) is 72.1 Å². The molecule has 0 bridgehead atoms. The Morgan fingerprint density at radius 2 is 1.58 bits per heavy atom. The van der Waals surface area contributed by atoms with Crippen LogP contribution in [0.25, 0.3) is 0 Å². The first-order valence-corrected chi connectivity index (χ1v) is 13.7. The van der Waals surface area contributed by atoms with Gasteiger partial charge < -0.3 is 21.7 Å². The Morgan fingerprint density at radius 1 is 1.00 bits per heavy atom. The normalized spacial score (nSPS) is 13.5. The lowest BCUT2D eigenvalue weighted by molar-refractivity contribution is 0.0957. The highest BCUT2D eigenvalue weighted by atomic mass is 19.1. The zero-order valence-electron chi connectivity index (χ0n) is 24.0. The summed E-state index contributed by atoms with van der Waals surface area (Å²) in [6.07, 6.45) is 16.0. The number of nitrogens with two attached hydrogens (primary N) is 1. The molecule has 0 spiro atoms. The van der Waals surface area contributed by atoms with Crippen LogP contribution in [-0.2, 0) is 0 Å². The van der Waals surface area contributed by atoms with Gasteiger partial charge in [-0.05, 0) is 54.7 Å². The van der Waals surface area contributed by atoms with E-state index in [1.54, 1.807) is 18.2 Å². The van der Waals surface area contributed by atoms with Gasteiger partial charge in [0.1, 0.15) is 17.8 Å². The van der Waals surface area contributed by atoms with Gasteiger partial charge in [-0.3, -0.25) is 4.79 Å². The summed E-state index contributed by atoms with van der Waals surface area (Å²) in [5.74, 6) is 0.528. The molecule has 1 aliphatic heterocycles. The lowest BCUT2D eigenvalue weighted by Crippen LogP contribution is -2.41. The van der Waals surface area contributed by atoms with Gasteiger partial charge in [0.15, 0.2) is 0 Å². The minimum atomic E-state index is -0.335. The Hall–Kier alpha value is -3.72. The predicted molar refractivity (Wildman–Crippen MR) is 161 cm³/mol. The molecule has 0 saturated carbocycles. The van der Waals surface area contributed by atoms with Gasteiger partial charge in [-0.2, -0.15) is 0 Å². The Labute approximate surface area is 230 Å². The average Bonchev–Trinajstić information content (AvgIpc) is 2.97. The van der Waals surface area contributed by atoms with Crippen LogP contribution in [0, 0.1) is 18.7 Å². The fourth-order valence-corrected chi connectivity index (χ4v) is 3.95. The van der Waals surface area contributed by atoms with E-state index >= 15 is 0 Å². The maximum absolute atomic E-state index is 13.8. The number of carbonyl (C=O) groups is 1. The van der Waals surface area contributed by atoms with Crippen molar-refractivity contribution in [3.63, 3.8) is 0 Å². The fourth-order valence-electron chi connectivity index (χ4n) is 3.95. The zero-order valence-corrected chi connectivity index (χ0v) is 24.0. The number of amides is 1. The van der Waals surface area contributed by atoms with Crippen molar-refractivity contribution in [3.05, 3.63) is 89.0 Å². The molecule has 2 aromatic rings. The van der Waals surface area contributed by atoms with Gasteiger partial charge in [-0.1, -0.05) is 84.7 Å². The topological polar surface area (TPSA) is 79.2 Å². The smallest absolute Gasteiger partial charge is 0.251 e. The lowest BCUT2D eigenvalue weighted by Gasteiger charge is -2.25. The zero-order chi connectivity index (χ0) is 28.9. The SMILES string of the molecule is C#C.CC.CC.CCCC(CCC)c1ccc(C(=O)NCC2=C(N)NC(Nc3ccccc3F)C=C2)cc1. The Bertz CT molecular complexity index is 1010. The van der Waals surface area contributed by atoms with Crippen LogP contribution in [0.2, 0.25) is 0 Å². The molecule has 1 heterocycles. The van der Waals surface area contributed by atoms with Crippen molar-refractivity contribution in [1.82, 2.24) is 10.6 Å². The number of halogens is 1. The summed E-state index contributed by atoms with van der Waals surface area (Å²) in [5.41, 5.74) is 9.22. The fraction of sp³-hybridized carbons (Fsp3) is 0.406. The Balaban J connectivity index is 0.00000213. The van der Waals surface area contributed by atoms with Crippen molar-refractivity contribution < 1.29 is 9.18 Å². The summed E-state index contributed by atoms with van der Waals surface area (Å²) in [4.78, 5) is 12.6. The monoisotopic (exact) mass is 522 g/mol. The third-order valence-electron chi connectivity index (χ3n) is 5.69. The molecule has 6 heteroatoms. The molecule has 208 valence electrons. The van der Waals surface area contributed by atoms with Gasteiger partial charge in [0, 0.05) is 17.7 Å². The van der Waals surface area contributed by atoms with Crippen molar-refractivity contribution in [2.75, 3.05) is 11.9 Å². The molecule has 1 aliphatic rings. The highest BCUT2D eigenvalue weighted by Gasteiger charge is 2.16. The van der Waals surface area contributed by atoms with E-state index in [1.165, 1.54) is 24.5 Å². The van der Waals surface area contributed by atoms with Crippen molar-refractivity contribution in [2.24, 2.45) is 5.73 Å². The van der Waals surface area contributed by atoms with Crippen molar-refractivity contribution in [2.45, 2.75) is 79.3 Å². The highest BCUT2D eigenvalue weighted by molar-refractivity contribution is 5.94. The van der Waals surface area contributed by atoms with Crippen molar-refractivity contribution >= 4 is 11.6 Å². The molecule has 1 unspecified atom stereocenters. The van der Waals surface area contributed by atoms with Gasteiger partial charge in [-0.25, -0.2) is 4.39 Å². The molecule has 0 aromatic heterocycles. The first kappa shape index (κ1) is 34.3. The largest absolute Gasteiger partial charge is 0.385 e. The minimum absolute atomic E-state index is 0.139. The summed E-state index contributed by atoms with van der Waals surface area (Å²) in [6.45, 7) is 12.7. The number of benzene rings is 2. The summed E-state index contributed by atoms with van der Waals surface area (Å²) < 4.78 is 13.8. The lowest BCUT2D eigenvalue weighted by atomic mass is 9.90. The van der Waals surface area contributed by atoms with E-state index in [2.05, 4.69) is 54.8 Å². The van der Waals surface area contributed by atoms with Gasteiger partial charge in [0.25, 0.3) is 5.91 Å². The minimum Gasteiger partial charge on any atom is -0.385 e. The molecule has 2 aromatic carbocycles. The second-order valence-electron chi connectivity index (χ2n) is 8.12. The van der Waals surface area contributed by atoms with Gasteiger partial charge >= 0.3 is 0 Å². The Kier molecular flexibility index (Phi) is 18.4. The van der Waals surface area contributed by atoms with Crippen LogP contribution >= 0.6 is 0 Å². The van der Waals surface area contributed by atoms with E-state index in [1.807, 2.05) is 52.0 Å². The van der Waals surface area contributed by atoms with Crippen LogP contribution in [0.4, 0.5) is 10.1 Å². The number of para-hydroxylation sites is 1. The van der Waals surface area contributed by atoms with E-state index in [0.29, 0.717) is 29.5 Å². The van der Waals surface area contributed by atoms with Crippen LogP contribution in [0.5, 0.6) is 0 Å². The summed E-state index contributed by atoms with van der Waals surface area (Å²) >= 11 is 0. The molecule has 0 radical (unpaired) electrons. The molecule has 0 aliphatic carbocycles. The van der Waals surface area contributed by atoms with E-state index < -0.39 is 0 Å². The third-order valence-corrected chi connectivity index (χ3v) is 5.69. The number of carbonyl (C=O) groups excluding carboxylic acids is 1. The summed E-state index contributed by atoms with van der Waals surface area (Å²) in [6, 6.07) is 14.4. The summed E-state index contributed by atoms with van der Waals surface area (Å²) in [5, 5.41) is 9.06. The molecule has 0 saturated heterocycles. The molecule has 3 rings (SSSR count). The molecule has 1 atom stereocenters. The number of hydrogen-bond acceptors (Lipinski definition) is 4. The number of hydrogen-bond donors (Lipinski definition) is 4. The van der Waals surface area contributed by atoms with E-state index in [-0.39, 0.29) is 17.9 Å². The first-order chi connectivity index (χ1) is 18.5. The van der Waals surface area contributed by atoms with Gasteiger partial charge in [0.2, 0.25) is 0 Å². The quantitative estimate of drug-likeness (QED) is 0.247. The summed E-state index contributed by atoms with van der Waals surface area (Å²) in [7, 11) is 0. The maximum atomic E-state index is 13.8. The standard InChI is InChI=1S/C26H33FN4O.2C2H6.C2H2/c1-3-7-18(8-4-2)19-11-13-20(14-12-19)26(32)29-17-21-15-16-24(31-25(21)28)30-23-10-6-5-9-22(23)27;3*1-2/h5-6,9-16,18,24,30-31H,3-4,7-8,17,28H2,1-2H3,(H,29,32);2*1-2H3;1-2H. The van der Waals surface area contributed by atoms with Crippen LogP contribution in [-0.4, -0.2) is 18.6 Å². The second kappa shape index (κ2) is 20.4. The number of dihydropyridines is 1. The van der Waals surface area contributed by atoms with Crippen molar-refractivity contribution in [3.8, 4) is 12.8 Å². The first-order valence-electron chi connectivity index (χ1n) is 13.7. The average molecular weight is 523 g/mol. The van der Waals surface area contributed by atoms with E-state index in [9.17, 15) is 9.18 Å². The maximum Gasteiger partial charge on any atom is 0.251 e. The van der Waals surface area contributed by atoms with E-state index in [4.69, 9.17) is 5.73 Å². The molecule has 1 amide bonds. The number of nitrogens with one attached hydrogen (secondary N) is 3. The number of rotatable bonds is 10. The van der Waals surface area contributed by atoms with Crippen molar-refractivity contribution in [1.29, 1.82) is 0 Å². The molecular weight excluding hydrogens is 475 g/mol. The number of anilines is 1. The van der Waals surface area contributed by atoms with E-state index in [0.717, 1.165) is 18.4 Å². The third kappa shape index (κ3) is 11.1. The predicted octanol–water partition coefficient (Wildman–Crippen LogP) is 7.31. The van der Waals surface area contributed by atoms with Gasteiger partial charge in [-0.15, -0.1) is 12.8 Å². The molecule has 38 heavy (non-hydrogen) atoms. The van der Waals surface area contributed by atoms with Crippen LogP contribution < -0.4 is 21.7 Å². The molecule has 0 fully saturated rings. The second-order valence-corrected chi connectivity index (χ2v) is 8.12. The Morgan fingerprint density at radius 3 is 2.11 bits per heavy atom. The van der Waals surface area contributed by atoms with Gasteiger partial charge in [0.05, 0.1) is 5.69 Å². The van der Waals surface area contributed by atoms with Crippen LogP contribution in [0.3, 0.4) is 0 Å². The molecule has 5 nitrogen and oxygen atoms in total. The molecule has 5 N–H and O–H groups in total. The molecular formula is C32H47FN4O.